The van der Waals surface area contributed by atoms with Crippen molar-refractivity contribution in [1.82, 2.24) is 4.90 Å². The molecule has 1 fully saturated rings. The van der Waals surface area contributed by atoms with E-state index in [1.54, 1.807) is 0 Å². The number of rotatable bonds is 7. The zero-order valence-corrected chi connectivity index (χ0v) is 14.3. The normalized spacial score (nSPS) is 16.2. The molecule has 7 nitrogen and oxygen atoms in total. The molecule has 0 aliphatic carbocycles. The number of oxime groups is 1. The van der Waals surface area contributed by atoms with Gasteiger partial charge in [-0.3, -0.25) is 9.69 Å². The fourth-order valence-electron chi connectivity index (χ4n) is 2.34. The summed E-state index contributed by atoms with van der Waals surface area (Å²) in [7, 11) is 0. The van der Waals surface area contributed by atoms with Gasteiger partial charge in [-0.2, -0.15) is 0 Å². The van der Waals surface area contributed by atoms with Crippen LogP contribution in [0, 0.1) is 0 Å². The van der Waals surface area contributed by atoms with E-state index in [9.17, 15) is 4.79 Å². The van der Waals surface area contributed by atoms with Crippen molar-refractivity contribution in [2.24, 2.45) is 10.9 Å². The third kappa shape index (κ3) is 6.17. The molecule has 0 saturated carbocycles. The summed E-state index contributed by atoms with van der Waals surface area (Å²) >= 11 is 0. The van der Waals surface area contributed by atoms with Gasteiger partial charge in [-0.25, -0.2) is 0 Å². The first kappa shape index (κ1) is 18.2. The maximum Gasteiger partial charge on any atom is 0.265 e. The molecule has 1 aliphatic rings. The first-order valence-electron chi connectivity index (χ1n) is 8.19. The van der Waals surface area contributed by atoms with Gasteiger partial charge in [-0.05, 0) is 23.6 Å². The summed E-state index contributed by atoms with van der Waals surface area (Å²) in [5, 5.41) is 6.55. The second-order valence-electron chi connectivity index (χ2n) is 6.07. The van der Waals surface area contributed by atoms with E-state index in [1.165, 1.54) is 5.56 Å². The molecule has 0 unspecified atom stereocenters. The standard InChI is InChI=1S/C17H26N4O3/c1-13(2)14-3-5-15(6-4-14)19-17(22)12-24-20-16(18)11-21-7-9-23-10-8-21/h3-6,13H,7-12H2,1-2H3,(H2,18,20)(H,19,22). The highest BCUT2D eigenvalue weighted by atomic mass is 16.6. The lowest BCUT2D eigenvalue weighted by Crippen LogP contribution is -2.41. The lowest BCUT2D eigenvalue weighted by Gasteiger charge is -2.25. The van der Waals surface area contributed by atoms with Gasteiger partial charge in [0.25, 0.3) is 5.91 Å². The number of benzene rings is 1. The molecular weight excluding hydrogens is 308 g/mol. The van der Waals surface area contributed by atoms with Crippen LogP contribution >= 0.6 is 0 Å². The summed E-state index contributed by atoms with van der Waals surface area (Å²) in [6.45, 7) is 7.64. The number of nitrogens with one attached hydrogen (secondary N) is 1. The molecule has 3 N–H and O–H groups in total. The third-order valence-corrected chi connectivity index (χ3v) is 3.73. The minimum absolute atomic E-state index is 0.171. The van der Waals surface area contributed by atoms with E-state index in [-0.39, 0.29) is 12.5 Å². The summed E-state index contributed by atoms with van der Waals surface area (Å²) in [4.78, 5) is 19.0. The highest BCUT2D eigenvalue weighted by Crippen LogP contribution is 2.16. The predicted octanol–water partition coefficient (Wildman–Crippen LogP) is 1.37. The number of amidine groups is 1. The Hall–Kier alpha value is -2.12. The Morgan fingerprint density at radius 1 is 1.33 bits per heavy atom. The molecule has 1 amide bonds. The Kier molecular flexibility index (Phi) is 7.02. The molecule has 0 radical (unpaired) electrons. The molecule has 0 aromatic heterocycles. The summed E-state index contributed by atoms with van der Waals surface area (Å²) < 4.78 is 5.26. The molecule has 0 atom stereocenters. The van der Waals surface area contributed by atoms with Crippen LogP contribution in [0.3, 0.4) is 0 Å². The fourth-order valence-corrected chi connectivity index (χ4v) is 2.34. The number of amides is 1. The van der Waals surface area contributed by atoms with Crippen molar-refractivity contribution < 1.29 is 14.4 Å². The van der Waals surface area contributed by atoms with E-state index >= 15 is 0 Å². The van der Waals surface area contributed by atoms with Gasteiger partial charge in [0.2, 0.25) is 0 Å². The molecular formula is C17H26N4O3. The molecule has 1 aromatic carbocycles. The second-order valence-corrected chi connectivity index (χ2v) is 6.07. The van der Waals surface area contributed by atoms with Gasteiger partial charge >= 0.3 is 0 Å². The average molecular weight is 334 g/mol. The van der Waals surface area contributed by atoms with Gasteiger partial charge in [0.15, 0.2) is 12.4 Å². The summed E-state index contributed by atoms with van der Waals surface area (Å²) in [5.74, 6) is 0.545. The van der Waals surface area contributed by atoms with Crippen LogP contribution in [0.1, 0.15) is 25.3 Å². The number of ether oxygens (including phenoxy) is 1. The third-order valence-electron chi connectivity index (χ3n) is 3.73. The number of morpholine rings is 1. The molecule has 132 valence electrons. The van der Waals surface area contributed by atoms with Gasteiger partial charge < -0.3 is 20.6 Å². The van der Waals surface area contributed by atoms with Crippen molar-refractivity contribution in [2.75, 3.05) is 44.8 Å². The highest BCUT2D eigenvalue weighted by Gasteiger charge is 2.11. The fraction of sp³-hybridized carbons (Fsp3) is 0.529. The number of anilines is 1. The number of hydrogen-bond donors (Lipinski definition) is 2. The van der Waals surface area contributed by atoms with Gasteiger partial charge in [0, 0.05) is 18.8 Å². The molecule has 24 heavy (non-hydrogen) atoms. The number of hydrogen-bond acceptors (Lipinski definition) is 5. The lowest BCUT2D eigenvalue weighted by atomic mass is 10.0. The topological polar surface area (TPSA) is 89.2 Å². The molecule has 1 aliphatic heterocycles. The Labute approximate surface area is 142 Å². The van der Waals surface area contributed by atoms with Crippen LogP contribution in [0.2, 0.25) is 0 Å². The van der Waals surface area contributed by atoms with Crippen molar-refractivity contribution in [3.05, 3.63) is 29.8 Å². The van der Waals surface area contributed by atoms with E-state index in [0.29, 0.717) is 31.5 Å². The molecule has 1 saturated heterocycles. The van der Waals surface area contributed by atoms with Gasteiger partial charge in [0.1, 0.15) is 0 Å². The maximum atomic E-state index is 11.8. The first-order chi connectivity index (χ1) is 11.5. The number of nitrogens with zero attached hydrogens (tertiary/aromatic N) is 2. The van der Waals surface area contributed by atoms with E-state index in [1.807, 2.05) is 24.3 Å². The van der Waals surface area contributed by atoms with E-state index in [0.717, 1.165) is 18.8 Å². The van der Waals surface area contributed by atoms with Gasteiger partial charge in [0.05, 0.1) is 19.8 Å². The molecule has 1 aromatic rings. The largest absolute Gasteiger partial charge is 0.384 e. The van der Waals surface area contributed by atoms with Crippen LogP contribution in [0.15, 0.2) is 29.4 Å². The summed E-state index contributed by atoms with van der Waals surface area (Å²) in [5.41, 5.74) is 7.76. The molecule has 7 heteroatoms. The van der Waals surface area contributed by atoms with Crippen molar-refractivity contribution in [1.29, 1.82) is 0 Å². The van der Waals surface area contributed by atoms with Crippen molar-refractivity contribution >= 4 is 17.4 Å². The Morgan fingerprint density at radius 3 is 2.62 bits per heavy atom. The Morgan fingerprint density at radius 2 is 2.00 bits per heavy atom. The Balaban J connectivity index is 1.71. The van der Waals surface area contributed by atoms with Crippen LogP contribution in [0.25, 0.3) is 0 Å². The second kappa shape index (κ2) is 9.24. The molecule has 1 heterocycles. The monoisotopic (exact) mass is 334 g/mol. The van der Waals surface area contributed by atoms with E-state index in [2.05, 4.69) is 29.2 Å². The quantitative estimate of drug-likeness (QED) is 0.447. The van der Waals surface area contributed by atoms with Gasteiger partial charge in [-0.15, -0.1) is 0 Å². The Bertz CT molecular complexity index is 551. The molecule has 2 rings (SSSR count). The van der Waals surface area contributed by atoms with Crippen molar-refractivity contribution in [2.45, 2.75) is 19.8 Å². The molecule has 0 bridgehead atoms. The average Bonchev–Trinajstić information content (AvgIpc) is 2.56. The first-order valence-corrected chi connectivity index (χ1v) is 8.19. The number of carbonyl (C=O) groups is 1. The van der Waals surface area contributed by atoms with Crippen LogP contribution in [-0.4, -0.2) is 56.1 Å². The summed E-state index contributed by atoms with van der Waals surface area (Å²) in [6.07, 6.45) is 0. The van der Waals surface area contributed by atoms with Gasteiger partial charge in [-0.1, -0.05) is 31.1 Å². The van der Waals surface area contributed by atoms with Crippen molar-refractivity contribution in [3.8, 4) is 0 Å². The zero-order chi connectivity index (χ0) is 17.4. The number of carbonyl (C=O) groups excluding carboxylic acids is 1. The lowest BCUT2D eigenvalue weighted by molar-refractivity contribution is -0.120. The minimum atomic E-state index is -0.268. The van der Waals surface area contributed by atoms with Crippen LogP contribution in [-0.2, 0) is 14.4 Å². The van der Waals surface area contributed by atoms with Crippen LogP contribution in [0.5, 0.6) is 0 Å². The van der Waals surface area contributed by atoms with E-state index < -0.39 is 0 Å². The SMILES string of the molecule is CC(C)c1ccc(NC(=O)CO/N=C(\N)CN2CCOCC2)cc1. The highest BCUT2D eigenvalue weighted by molar-refractivity contribution is 5.91. The molecule has 0 spiro atoms. The van der Waals surface area contributed by atoms with Crippen LogP contribution < -0.4 is 11.1 Å². The predicted molar refractivity (Wildman–Crippen MR) is 94.0 cm³/mol. The van der Waals surface area contributed by atoms with Crippen molar-refractivity contribution in [3.63, 3.8) is 0 Å². The smallest absolute Gasteiger partial charge is 0.265 e. The number of nitrogens with two attached hydrogens (primary N) is 1. The van der Waals surface area contributed by atoms with E-state index in [4.69, 9.17) is 15.3 Å². The van der Waals surface area contributed by atoms with Crippen LogP contribution in [0.4, 0.5) is 5.69 Å². The maximum absolute atomic E-state index is 11.8. The zero-order valence-electron chi connectivity index (χ0n) is 14.3. The minimum Gasteiger partial charge on any atom is -0.384 e. The summed E-state index contributed by atoms with van der Waals surface area (Å²) in [6, 6.07) is 7.76.